The van der Waals surface area contributed by atoms with E-state index in [9.17, 15) is 14.4 Å². The van der Waals surface area contributed by atoms with Crippen molar-refractivity contribution in [1.29, 1.82) is 5.26 Å². The predicted molar refractivity (Wildman–Crippen MR) is 105 cm³/mol. The fourth-order valence-electron chi connectivity index (χ4n) is 3.29. The molecule has 0 aliphatic carbocycles. The zero-order chi connectivity index (χ0) is 20.3. The van der Waals surface area contributed by atoms with Crippen LogP contribution in [0.1, 0.15) is 24.5 Å². The highest BCUT2D eigenvalue weighted by Crippen LogP contribution is 2.26. The fourth-order valence-corrected chi connectivity index (χ4v) is 3.50. The molecule has 1 aliphatic heterocycles. The summed E-state index contributed by atoms with van der Waals surface area (Å²) in [4.78, 5) is 40.1. The highest BCUT2D eigenvalue weighted by Gasteiger charge is 2.43. The molecule has 1 heterocycles. The lowest BCUT2D eigenvalue weighted by molar-refractivity contribution is -0.136. The van der Waals surface area contributed by atoms with E-state index >= 15 is 0 Å². The number of hydrogen-bond donors (Lipinski definition) is 0. The highest BCUT2D eigenvalue weighted by molar-refractivity contribution is 6.30. The van der Waals surface area contributed by atoms with Crippen molar-refractivity contribution in [3.63, 3.8) is 0 Å². The van der Waals surface area contributed by atoms with Crippen LogP contribution < -0.4 is 4.90 Å². The molecule has 6 nitrogen and oxygen atoms in total. The first-order chi connectivity index (χ1) is 13.4. The van der Waals surface area contributed by atoms with Crippen LogP contribution in [0.3, 0.4) is 0 Å². The van der Waals surface area contributed by atoms with Gasteiger partial charge in [0.15, 0.2) is 0 Å². The average molecular weight is 396 g/mol. The second-order valence-electron chi connectivity index (χ2n) is 6.54. The summed E-state index contributed by atoms with van der Waals surface area (Å²) >= 11 is 5.99. The van der Waals surface area contributed by atoms with Gasteiger partial charge in [0.05, 0.1) is 23.7 Å². The third-order valence-electron chi connectivity index (χ3n) is 4.69. The molecule has 3 amide bonds. The number of benzene rings is 2. The first kappa shape index (κ1) is 19.6. The topological polar surface area (TPSA) is 81.5 Å². The van der Waals surface area contributed by atoms with Gasteiger partial charge in [-0.2, -0.15) is 5.26 Å². The third-order valence-corrected chi connectivity index (χ3v) is 4.92. The van der Waals surface area contributed by atoms with E-state index in [2.05, 4.69) is 0 Å². The van der Waals surface area contributed by atoms with Crippen molar-refractivity contribution in [2.75, 3.05) is 11.4 Å². The Hall–Kier alpha value is -3.17. The molecule has 0 N–H and O–H groups in total. The van der Waals surface area contributed by atoms with Gasteiger partial charge in [0.1, 0.15) is 6.04 Å². The minimum atomic E-state index is -0.833. The maximum Gasteiger partial charge on any atom is 0.257 e. The van der Waals surface area contributed by atoms with Crippen LogP contribution in [0.2, 0.25) is 5.02 Å². The van der Waals surface area contributed by atoms with Gasteiger partial charge in [-0.1, -0.05) is 23.7 Å². The lowest BCUT2D eigenvalue weighted by Crippen LogP contribution is -2.45. The van der Waals surface area contributed by atoms with E-state index in [1.54, 1.807) is 30.3 Å². The smallest absolute Gasteiger partial charge is 0.257 e. The van der Waals surface area contributed by atoms with Gasteiger partial charge >= 0.3 is 0 Å². The van der Waals surface area contributed by atoms with E-state index in [0.29, 0.717) is 29.2 Å². The number of nitriles is 1. The van der Waals surface area contributed by atoms with Crippen LogP contribution in [-0.4, -0.2) is 35.2 Å². The zero-order valence-corrected chi connectivity index (χ0v) is 16.0. The zero-order valence-electron chi connectivity index (χ0n) is 15.3. The number of rotatable bonds is 5. The normalized spacial score (nSPS) is 16.2. The van der Waals surface area contributed by atoms with E-state index in [0.717, 1.165) is 10.5 Å². The van der Waals surface area contributed by atoms with Crippen LogP contribution in [0.4, 0.5) is 5.69 Å². The minimum Gasteiger partial charge on any atom is -0.330 e. The molecule has 7 heteroatoms. The molecule has 0 radical (unpaired) electrons. The predicted octanol–water partition coefficient (Wildman–Crippen LogP) is 2.93. The molecule has 1 atom stereocenters. The Morgan fingerprint density at radius 2 is 1.96 bits per heavy atom. The molecular formula is C21H18ClN3O3. The van der Waals surface area contributed by atoms with Gasteiger partial charge in [0.25, 0.3) is 5.91 Å². The number of hydrogen-bond acceptors (Lipinski definition) is 4. The monoisotopic (exact) mass is 395 g/mol. The summed E-state index contributed by atoms with van der Waals surface area (Å²) < 4.78 is 0. The summed E-state index contributed by atoms with van der Waals surface area (Å²) in [6.07, 6.45) is 0.461. The number of halogens is 1. The van der Waals surface area contributed by atoms with Crippen molar-refractivity contribution in [3.05, 3.63) is 64.7 Å². The second-order valence-corrected chi connectivity index (χ2v) is 6.97. The van der Waals surface area contributed by atoms with Crippen LogP contribution in [0.25, 0.3) is 0 Å². The third kappa shape index (κ3) is 4.05. The molecule has 0 bridgehead atoms. The molecule has 3 rings (SSSR count). The molecule has 2 aromatic carbocycles. The standard InChI is InChI=1S/C21H18ClN3O3/c1-14(26)24(10-9-15-3-2-4-17(22)11-15)19-12-20(27)25(21(19)28)18-7-5-16(13-23)6-8-18/h2-8,11,19H,9-10,12H2,1H3. The Morgan fingerprint density at radius 1 is 1.25 bits per heavy atom. The molecule has 142 valence electrons. The van der Waals surface area contributed by atoms with Gasteiger partial charge in [-0.25, -0.2) is 4.90 Å². The van der Waals surface area contributed by atoms with Gasteiger partial charge in [-0.15, -0.1) is 0 Å². The largest absolute Gasteiger partial charge is 0.330 e. The molecule has 28 heavy (non-hydrogen) atoms. The fraction of sp³-hybridized carbons (Fsp3) is 0.238. The van der Waals surface area contributed by atoms with Gasteiger partial charge in [0.2, 0.25) is 11.8 Å². The van der Waals surface area contributed by atoms with Crippen LogP contribution in [0.5, 0.6) is 0 Å². The molecule has 0 saturated carbocycles. The number of carbonyl (C=O) groups is 3. The summed E-state index contributed by atoms with van der Waals surface area (Å²) in [5.74, 6) is -1.07. The lowest BCUT2D eigenvalue weighted by atomic mass is 10.1. The maximum atomic E-state index is 12.9. The van der Waals surface area contributed by atoms with E-state index in [1.807, 2.05) is 24.3 Å². The number of anilines is 1. The second kappa shape index (κ2) is 8.24. The lowest BCUT2D eigenvalue weighted by Gasteiger charge is -2.26. The van der Waals surface area contributed by atoms with Crippen LogP contribution in [0.15, 0.2) is 48.5 Å². The van der Waals surface area contributed by atoms with Crippen molar-refractivity contribution in [2.24, 2.45) is 0 Å². The van der Waals surface area contributed by atoms with Crippen molar-refractivity contribution in [1.82, 2.24) is 4.90 Å². The van der Waals surface area contributed by atoms with Crippen LogP contribution in [-0.2, 0) is 20.8 Å². The van der Waals surface area contributed by atoms with Gasteiger partial charge in [-0.05, 0) is 48.4 Å². The number of carbonyl (C=O) groups excluding carboxylic acids is 3. The minimum absolute atomic E-state index is 0.0615. The van der Waals surface area contributed by atoms with Crippen molar-refractivity contribution < 1.29 is 14.4 Å². The maximum absolute atomic E-state index is 12.9. The summed E-state index contributed by atoms with van der Waals surface area (Å²) in [6, 6.07) is 14.7. The van der Waals surface area contributed by atoms with E-state index < -0.39 is 11.9 Å². The molecule has 1 unspecified atom stereocenters. The highest BCUT2D eigenvalue weighted by atomic mass is 35.5. The quantitative estimate of drug-likeness (QED) is 0.729. The molecule has 1 fully saturated rings. The Balaban J connectivity index is 1.78. The van der Waals surface area contributed by atoms with Crippen molar-refractivity contribution in [2.45, 2.75) is 25.8 Å². The Kier molecular flexibility index (Phi) is 5.76. The molecule has 1 aliphatic rings. The van der Waals surface area contributed by atoms with Crippen LogP contribution in [0, 0.1) is 11.3 Å². The average Bonchev–Trinajstić information content (AvgIpc) is 2.96. The molecule has 0 spiro atoms. The van der Waals surface area contributed by atoms with Crippen molar-refractivity contribution in [3.8, 4) is 6.07 Å². The van der Waals surface area contributed by atoms with E-state index in [1.165, 1.54) is 11.8 Å². The van der Waals surface area contributed by atoms with Crippen molar-refractivity contribution >= 4 is 35.0 Å². The molecule has 2 aromatic rings. The summed E-state index contributed by atoms with van der Waals surface area (Å²) in [7, 11) is 0. The SMILES string of the molecule is CC(=O)N(CCc1cccc(Cl)c1)C1CC(=O)N(c2ccc(C#N)cc2)C1=O. The number of amides is 3. The van der Waals surface area contributed by atoms with Gasteiger partial charge in [0, 0.05) is 18.5 Å². The molecule has 0 aromatic heterocycles. The van der Waals surface area contributed by atoms with E-state index in [-0.39, 0.29) is 18.2 Å². The Labute approximate surface area is 167 Å². The first-order valence-electron chi connectivity index (χ1n) is 8.79. The van der Waals surface area contributed by atoms with Crippen LogP contribution >= 0.6 is 11.6 Å². The van der Waals surface area contributed by atoms with Gasteiger partial charge < -0.3 is 4.90 Å². The van der Waals surface area contributed by atoms with Gasteiger partial charge in [-0.3, -0.25) is 14.4 Å². The first-order valence-corrected chi connectivity index (χ1v) is 9.17. The molecular weight excluding hydrogens is 378 g/mol. The number of nitrogens with zero attached hydrogens (tertiary/aromatic N) is 3. The summed E-state index contributed by atoms with van der Waals surface area (Å²) in [6.45, 7) is 1.70. The van der Waals surface area contributed by atoms with E-state index in [4.69, 9.17) is 16.9 Å². The Bertz CT molecular complexity index is 966. The molecule has 1 saturated heterocycles. The summed E-state index contributed by atoms with van der Waals surface area (Å²) in [5, 5.41) is 9.50. The number of imide groups is 1. The summed E-state index contributed by atoms with van der Waals surface area (Å²) in [5.41, 5.74) is 1.78. The Morgan fingerprint density at radius 3 is 2.57 bits per heavy atom.